The van der Waals surface area contributed by atoms with Crippen LogP contribution in [0.25, 0.3) is 17.4 Å². The number of nitrogens with zero attached hydrogens (tertiary/aromatic N) is 1. The predicted molar refractivity (Wildman–Crippen MR) is 112 cm³/mol. The third kappa shape index (κ3) is 4.83. The molecule has 0 aliphatic rings. The quantitative estimate of drug-likeness (QED) is 0.379. The van der Waals surface area contributed by atoms with Gasteiger partial charge >= 0.3 is 5.97 Å². The first kappa shape index (κ1) is 20.6. The van der Waals surface area contributed by atoms with Crippen molar-refractivity contribution in [3.8, 4) is 17.4 Å². The van der Waals surface area contributed by atoms with E-state index in [1.54, 1.807) is 30.3 Å². The summed E-state index contributed by atoms with van der Waals surface area (Å²) < 4.78 is 10.6. The highest BCUT2D eigenvalue weighted by atomic mass is 16.5. The number of carbonyl (C=O) groups is 2. The third-order valence-corrected chi connectivity index (χ3v) is 4.50. The summed E-state index contributed by atoms with van der Waals surface area (Å²) in [6.45, 7) is 2.22. The average Bonchev–Trinajstić information content (AvgIpc) is 3.24. The molecule has 0 saturated heterocycles. The second kappa shape index (κ2) is 9.39. The Bertz CT molecular complexity index is 1140. The summed E-state index contributed by atoms with van der Waals surface area (Å²) in [6.07, 6.45) is 1.39. The Morgan fingerprint density at radius 2 is 1.90 bits per heavy atom. The molecule has 0 radical (unpaired) electrons. The highest BCUT2D eigenvalue weighted by Gasteiger charge is 2.14. The average molecular weight is 400 g/mol. The first-order chi connectivity index (χ1) is 14.5. The van der Waals surface area contributed by atoms with E-state index in [0.717, 1.165) is 16.7 Å². The number of ether oxygens (including phenoxy) is 1. The van der Waals surface area contributed by atoms with Crippen LogP contribution in [0, 0.1) is 18.3 Å². The van der Waals surface area contributed by atoms with Gasteiger partial charge in [-0.1, -0.05) is 36.4 Å². The molecule has 1 aromatic heterocycles. The number of benzene rings is 2. The van der Waals surface area contributed by atoms with Gasteiger partial charge in [0.2, 0.25) is 0 Å². The highest BCUT2D eigenvalue weighted by molar-refractivity contribution is 6.01. The zero-order valence-corrected chi connectivity index (χ0v) is 16.6. The number of rotatable bonds is 6. The SMILES string of the molecule is COC(=O)c1ccc(C)c(-c2ccc(/C=C(/C#N)C(=O)NCc3ccccc3)o2)c1. The lowest BCUT2D eigenvalue weighted by molar-refractivity contribution is -0.117. The van der Waals surface area contributed by atoms with E-state index in [4.69, 9.17) is 9.15 Å². The Morgan fingerprint density at radius 1 is 1.13 bits per heavy atom. The Labute approximate surface area is 174 Å². The minimum absolute atomic E-state index is 0.0631. The largest absolute Gasteiger partial charge is 0.465 e. The summed E-state index contributed by atoms with van der Waals surface area (Å²) in [6, 6.07) is 19.9. The lowest BCUT2D eigenvalue weighted by atomic mass is 10.0. The van der Waals surface area contributed by atoms with Crippen LogP contribution < -0.4 is 5.32 Å². The summed E-state index contributed by atoms with van der Waals surface area (Å²) in [7, 11) is 1.32. The zero-order valence-electron chi connectivity index (χ0n) is 16.6. The number of nitriles is 1. The molecule has 6 nitrogen and oxygen atoms in total. The third-order valence-electron chi connectivity index (χ3n) is 4.50. The topological polar surface area (TPSA) is 92.3 Å². The van der Waals surface area contributed by atoms with Gasteiger partial charge in [-0.15, -0.1) is 0 Å². The van der Waals surface area contributed by atoms with Crippen molar-refractivity contribution in [1.29, 1.82) is 5.26 Å². The molecule has 3 aromatic rings. The predicted octanol–water partition coefficient (Wildman–Crippen LogP) is 4.27. The standard InChI is InChI=1S/C24H20N2O4/c1-16-8-9-18(24(28)29-2)13-21(16)22-11-10-20(30-22)12-19(14-25)23(27)26-15-17-6-4-3-5-7-17/h3-13H,15H2,1-2H3,(H,26,27)/b19-12-. The summed E-state index contributed by atoms with van der Waals surface area (Å²) in [5.41, 5.74) is 2.92. The number of aryl methyl sites for hydroxylation is 1. The molecule has 1 amide bonds. The fourth-order valence-corrected chi connectivity index (χ4v) is 2.87. The summed E-state index contributed by atoms with van der Waals surface area (Å²) in [5.74, 6) is -0.0429. The van der Waals surface area contributed by atoms with E-state index in [-0.39, 0.29) is 5.57 Å². The highest BCUT2D eigenvalue weighted by Crippen LogP contribution is 2.27. The van der Waals surface area contributed by atoms with Gasteiger partial charge in [-0.2, -0.15) is 5.26 Å². The van der Waals surface area contributed by atoms with Gasteiger partial charge in [0.25, 0.3) is 5.91 Å². The van der Waals surface area contributed by atoms with Crippen LogP contribution in [0.2, 0.25) is 0 Å². The molecule has 0 saturated carbocycles. The lowest BCUT2D eigenvalue weighted by Crippen LogP contribution is -2.23. The molecule has 0 unspecified atom stereocenters. The number of nitrogens with one attached hydrogen (secondary N) is 1. The maximum Gasteiger partial charge on any atom is 0.337 e. The second-order valence-electron chi connectivity index (χ2n) is 6.56. The molecule has 3 rings (SSSR count). The molecule has 0 spiro atoms. The van der Waals surface area contributed by atoms with E-state index < -0.39 is 11.9 Å². The maximum atomic E-state index is 12.3. The van der Waals surface area contributed by atoms with Crippen molar-refractivity contribution in [1.82, 2.24) is 5.32 Å². The number of hydrogen-bond donors (Lipinski definition) is 1. The zero-order chi connectivity index (χ0) is 21.5. The molecular formula is C24H20N2O4. The number of esters is 1. The molecular weight excluding hydrogens is 380 g/mol. The first-order valence-corrected chi connectivity index (χ1v) is 9.25. The Balaban J connectivity index is 1.79. The minimum atomic E-state index is -0.483. The minimum Gasteiger partial charge on any atom is -0.465 e. The lowest BCUT2D eigenvalue weighted by Gasteiger charge is -2.06. The Kier molecular flexibility index (Phi) is 6.46. The maximum absolute atomic E-state index is 12.3. The van der Waals surface area contributed by atoms with Crippen molar-refractivity contribution in [3.05, 3.63) is 88.7 Å². The van der Waals surface area contributed by atoms with Crippen molar-refractivity contribution >= 4 is 18.0 Å². The Morgan fingerprint density at radius 3 is 2.60 bits per heavy atom. The van der Waals surface area contributed by atoms with Gasteiger partial charge in [0.15, 0.2) is 0 Å². The Hall–Kier alpha value is -4.11. The first-order valence-electron chi connectivity index (χ1n) is 9.25. The molecule has 1 N–H and O–H groups in total. The molecule has 150 valence electrons. The molecule has 0 aliphatic carbocycles. The molecule has 0 atom stereocenters. The van der Waals surface area contributed by atoms with Crippen LogP contribution >= 0.6 is 0 Å². The van der Waals surface area contributed by atoms with Crippen LogP contribution in [-0.2, 0) is 16.1 Å². The van der Waals surface area contributed by atoms with Gasteiger partial charge in [0, 0.05) is 18.2 Å². The molecule has 0 bridgehead atoms. The van der Waals surface area contributed by atoms with Gasteiger partial charge in [-0.3, -0.25) is 4.79 Å². The van der Waals surface area contributed by atoms with Gasteiger partial charge in [0.1, 0.15) is 23.2 Å². The normalized spacial score (nSPS) is 10.9. The smallest absolute Gasteiger partial charge is 0.337 e. The number of hydrogen-bond acceptors (Lipinski definition) is 5. The fourth-order valence-electron chi connectivity index (χ4n) is 2.87. The second-order valence-corrected chi connectivity index (χ2v) is 6.56. The van der Waals surface area contributed by atoms with E-state index in [9.17, 15) is 14.9 Å². The van der Waals surface area contributed by atoms with E-state index in [2.05, 4.69) is 5.32 Å². The van der Waals surface area contributed by atoms with Crippen molar-refractivity contribution in [3.63, 3.8) is 0 Å². The molecule has 6 heteroatoms. The molecule has 2 aromatic carbocycles. The number of furan rings is 1. The summed E-state index contributed by atoms with van der Waals surface area (Å²) in [5, 5.41) is 12.1. The van der Waals surface area contributed by atoms with Gasteiger partial charge < -0.3 is 14.5 Å². The van der Waals surface area contributed by atoms with Crippen molar-refractivity contribution in [2.24, 2.45) is 0 Å². The molecule has 0 aliphatic heterocycles. The van der Waals surface area contributed by atoms with Gasteiger partial charge in [-0.05, 0) is 42.3 Å². The summed E-state index contributed by atoms with van der Waals surface area (Å²) >= 11 is 0. The van der Waals surface area contributed by atoms with E-state index >= 15 is 0 Å². The van der Waals surface area contributed by atoms with Crippen molar-refractivity contribution in [2.75, 3.05) is 7.11 Å². The van der Waals surface area contributed by atoms with Crippen molar-refractivity contribution in [2.45, 2.75) is 13.5 Å². The van der Waals surface area contributed by atoms with Crippen LogP contribution in [0.15, 0.2) is 70.7 Å². The molecule has 0 fully saturated rings. The monoisotopic (exact) mass is 400 g/mol. The van der Waals surface area contributed by atoms with Gasteiger partial charge in [-0.25, -0.2) is 4.79 Å². The molecule has 30 heavy (non-hydrogen) atoms. The van der Waals surface area contributed by atoms with E-state index in [1.165, 1.54) is 13.2 Å². The number of carbonyl (C=O) groups excluding carboxylic acids is 2. The van der Waals surface area contributed by atoms with Crippen molar-refractivity contribution < 1.29 is 18.7 Å². The fraction of sp³-hybridized carbons (Fsp3) is 0.125. The van der Waals surface area contributed by atoms with E-state index in [0.29, 0.717) is 23.6 Å². The van der Waals surface area contributed by atoms with Crippen LogP contribution in [0.3, 0.4) is 0 Å². The number of methoxy groups -OCH3 is 1. The van der Waals surface area contributed by atoms with Gasteiger partial charge in [0.05, 0.1) is 12.7 Å². The van der Waals surface area contributed by atoms with Crippen LogP contribution in [0.4, 0.5) is 0 Å². The summed E-state index contributed by atoms with van der Waals surface area (Å²) in [4.78, 5) is 24.1. The van der Waals surface area contributed by atoms with Crippen LogP contribution in [-0.4, -0.2) is 19.0 Å². The van der Waals surface area contributed by atoms with Crippen LogP contribution in [0.1, 0.15) is 27.2 Å². The van der Waals surface area contributed by atoms with Crippen LogP contribution in [0.5, 0.6) is 0 Å². The molecule has 1 heterocycles. The number of amides is 1. The van der Waals surface area contributed by atoms with E-state index in [1.807, 2.05) is 43.3 Å².